The number of rotatable bonds is 5. The number of carbonyl (C=O) groups is 1. The molecule has 0 aliphatic carbocycles. The van der Waals surface area contributed by atoms with Gasteiger partial charge in [0.25, 0.3) is 0 Å². The lowest BCUT2D eigenvalue weighted by atomic mass is 10.3. The Balaban J connectivity index is 2.29. The topological polar surface area (TPSA) is 46.5 Å². The molecule has 0 amide bonds. The summed E-state index contributed by atoms with van der Waals surface area (Å²) in [7, 11) is 0. The fourth-order valence-corrected chi connectivity index (χ4v) is 1.20. The quantitative estimate of drug-likeness (QED) is 0.661. The van der Waals surface area contributed by atoms with Crippen LogP contribution in [0.5, 0.6) is 5.75 Å². The van der Waals surface area contributed by atoms with Gasteiger partial charge in [0.2, 0.25) is 0 Å². The van der Waals surface area contributed by atoms with E-state index in [1.807, 2.05) is 30.3 Å². The first-order valence-electron chi connectivity index (χ1n) is 4.47. The second-order valence-corrected chi connectivity index (χ2v) is 3.66. The summed E-state index contributed by atoms with van der Waals surface area (Å²) in [6, 6.07) is 9.40. The normalized spacial score (nSPS) is 11.1. The zero-order valence-corrected chi connectivity index (χ0v) is 9.61. The van der Waals surface area contributed by atoms with Gasteiger partial charge in [-0.05, 0) is 28.1 Å². The minimum Gasteiger partial charge on any atom is -0.493 e. The number of aliphatic carboxylic acids is 1. The maximum Gasteiger partial charge on any atom is 0.342 e. The average Bonchev–Trinajstić information content (AvgIpc) is 2.25. The summed E-state index contributed by atoms with van der Waals surface area (Å²) in [5.74, 6) is -0.174. The molecule has 15 heavy (non-hydrogen) atoms. The molecule has 0 fully saturated rings. The van der Waals surface area contributed by atoms with Crippen molar-refractivity contribution in [1.29, 1.82) is 0 Å². The molecule has 0 atom stereocenters. The van der Waals surface area contributed by atoms with Crippen LogP contribution >= 0.6 is 15.9 Å². The van der Waals surface area contributed by atoms with Gasteiger partial charge in [-0.3, -0.25) is 0 Å². The Kier molecular flexibility index (Phi) is 4.90. The molecule has 80 valence electrons. The van der Waals surface area contributed by atoms with Crippen molar-refractivity contribution in [2.45, 2.75) is 6.42 Å². The van der Waals surface area contributed by atoms with E-state index in [-0.39, 0.29) is 4.48 Å². The maximum atomic E-state index is 10.4. The van der Waals surface area contributed by atoms with Crippen molar-refractivity contribution < 1.29 is 14.6 Å². The number of para-hydroxylation sites is 1. The molecule has 0 saturated carbocycles. The van der Waals surface area contributed by atoms with Gasteiger partial charge in [0.05, 0.1) is 11.1 Å². The van der Waals surface area contributed by atoms with Crippen LogP contribution < -0.4 is 4.74 Å². The summed E-state index contributed by atoms with van der Waals surface area (Å²) in [6.07, 6.45) is 2.13. The SMILES string of the molecule is O=C(O)C(Br)=CCCOc1ccccc1. The Morgan fingerprint density at radius 2 is 2.07 bits per heavy atom. The number of hydrogen-bond acceptors (Lipinski definition) is 2. The fourth-order valence-electron chi connectivity index (χ4n) is 0.966. The predicted molar refractivity (Wildman–Crippen MR) is 61.2 cm³/mol. The fraction of sp³-hybridized carbons (Fsp3) is 0.182. The minimum atomic E-state index is -0.963. The molecule has 1 aromatic carbocycles. The van der Waals surface area contributed by atoms with Crippen molar-refractivity contribution in [2.75, 3.05) is 6.61 Å². The lowest BCUT2D eigenvalue weighted by Gasteiger charge is -2.03. The van der Waals surface area contributed by atoms with E-state index in [0.717, 1.165) is 5.75 Å². The second-order valence-electron chi connectivity index (χ2n) is 2.81. The zero-order valence-electron chi connectivity index (χ0n) is 8.02. The minimum absolute atomic E-state index is 0.166. The van der Waals surface area contributed by atoms with Gasteiger partial charge in [0.15, 0.2) is 0 Å². The first kappa shape index (κ1) is 11.8. The molecule has 1 rings (SSSR count). The van der Waals surface area contributed by atoms with Crippen LogP contribution in [0.2, 0.25) is 0 Å². The van der Waals surface area contributed by atoms with Crippen LogP contribution in [-0.2, 0) is 4.79 Å². The van der Waals surface area contributed by atoms with Crippen molar-refractivity contribution >= 4 is 21.9 Å². The van der Waals surface area contributed by atoms with Crippen LogP contribution in [0.4, 0.5) is 0 Å². The summed E-state index contributed by atoms with van der Waals surface area (Å²) in [5, 5.41) is 8.54. The van der Waals surface area contributed by atoms with E-state index in [0.29, 0.717) is 13.0 Å². The van der Waals surface area contributed by atoms with Crippen LogP contribution in [0, 0.1) is 0 Å². The predicted octanol–water partition coefficient (Wildman–Crippen LogP) is 2.82. The van der Waals surface area contributed by atoms with Crippen LogP contribution in [0.15, 0.2) is 40.9 Å². The van der Waals surface area contributed by atoms with E-state index in [2.05, 4.69) is 15.9 Å². The molecular formula is C11H11BrO3. The number of carboxylic acid groups (broad SMARTS) is 1. The largest absolute Gasteiger partial charge is 0.493 e. The molecule has 3 nitrogen and oxygen atoms in total. The number of carboxylic acids is 1. The molecule has 0 aliphatic heterocycles. The molecule has 1 N–H and O–H groups in total. The highest BCUT2D eigenvalue weighted by molar-refractivity contribution is 9.12. The smallest absolute Gasteiger partial charge is 0.342 e. The van der Waals surface area contributed by atoms with Crippen molar-refractivity contribution in [1.82, 2.24) is 0 Å². The van der Waals surface area contributed by atoms with Crippen molar-refractivity contribution in [2.24, 2.45) is 0 Å². The monoisotopic (exact) mass is 270 g/mol. The third-order valence-electron chi connectivity index (χ3n) is 1.66. The van der Waals surface area contributed by atoms with Gasteiger partial charge >= 0.3 is 5.97 Å². The van der Waals surface area contributed by atoms with Gasteiger partial charge in [-0.1, -0.05) is 24.3 Å². The van der Waals surface area contributed by atoms with Crippen LogP contribution in [0.1, 0.15) is 6.42 Å². The Hall–Kier alpha value is -1.29. The van der Waals surface area contributed by atoms with Gasteiger partial charge in [0, 0.05) is 6.42 Å². The van der Waals surface area contributed by atoms with Gasteiger partial charge in [-0.15, -0.1) is 0 Å². The molecule has 0 unspecified atom stereocenters. The van der Waals surface area contributed by atoms with E-state index in [4.69, 9.17) is 9.84 Å². The lowest BCUT2D eigenvalue weighted by molar-refractivity contribution is -0.131. The molecule has 1 aromatic rings. The highest BCUT2D eigenvalue weighted by atomic mass is 79.9. The molecule has 0 aromatic heterocycles. The van der Waals surface area contributed by atoms with Crippen molar-refractivity contribution in [3.8, 4) is 5.75 Å². The molecule has 0 saturated heterocycles. The molecule has 0 spiro atoms. The third kappa shape index (κ3) is 4.65. The molecule has 0 aliphatic rings. The summed E-state index contributed by atoms with van der Waals surface area (Å²) in [4.78, 5) is 10.4. The van der Waals surface area contributed by atoms with Crippen LogP contribution in [-0.4, -0.2) is 17.7 Å². The standard InChI is InChI=1S/C11H11BrO3/c12-10(11(13)14)7-4-8-15-9-5-2-1-3-6-9/h1-3,5-7H,4,8H2,(H,13,14). The molecule has 0 heterocycles. The second kappa shape index (κ2) is 6.24. The Bertz CT molecular complexity index is 346. The summed E-state index contributed by atoms with van der Waals surface area (Å²) >= 11 is 2.93. The first-order chi connectivity index (χ1) is 7.20. The lowest BCUT2D eigenvalue weighted by Crippen LogP contribution is -1.98. The summed E-state index contributed by atoms with van der Waals surface area (Å²) in [5.41, 5.74) is 0. The number of halogens is 1. The maximum absolute atomic E-state index is 10.4. The number of ether oxygens (including phenoxy) is 1. The Labute approximate surface area is 96.5 Å². The molecule has 4 heteroatoms. The zero-order chi connectivity index (χ0) is 11.1. The van der Waals surface area contributed by atoms with E-state index >= 15 is 0 Å². The van der Waals surface area contributed by atoms with E-state index in [1.165, 1.54) is 0 Å². The van der Waals surface area contributed by atoms with E-state index in [1.54, 1.807) is 6.08 Å². The molecular weight excluding hydrogens is 260 g/mol. The third-order valence-corrected chi connectivity index (χ3v) is 2.32. The van der Waals surface area contributed by atoms with Gasteiger partial charge < -0.3 is 9.84 Å². The van der Waals surface area contributed by atoms with Crippen LogP contribution in [0.3, 0.4) is 0 Å². The van der Waals surface area contributed by atoms with Gasteiger partial charge in [-0.2, -0.15) is 0 Å². The van der Waals surface area contributed by atoms with Gasteiger partial charge in [0.1, 0.15) is 5.75 Å². The van der Waals surface area contributed by atoms with Crippen molar-refractivity contribution in [3.63, 3.8) is 0 Å². The number of benzene rings is 1. The Morgan fingerprint density at radius 3 is 2.67 bits per heavy atom. The van der Waals surface area contributed by atoms with E-state index in [9.17, 15) is 4.79 Å². The average molecular weight is 271 g/mol. The molecule has 0 radical (unpaired) electrons. The Morgan fingerprint density at radius 1 is 1.40 bits per heavy atom. The highest BCUT2D eigenvalue weighted by Crippen LogP contribution is 2.10. The molecule has 0 bridgehead atoms. The van der Waals surface area contributed by atoms with Gasteiger partial charge in [-0.25, -0.2) is 4.79 Å². The first-order valence-corrected chi connectivity index (χ1v) is 5.26. The summed E-state index contributed by atoms with van der Waals surface area (Å²) in [6.45, 7) is 0.465. The number of hydrogen-bond donors (Lipinski definition) is 1. The van der Waals surface area contributed by atoms with E-state index < -0.39 is 5.97 Å². The highest BCUT2D eigenvalue weighted by Gasteiger charge is 2.00. The van der Waals surface area contributed by atoms with Crippen molar-refractivity contribution in [3.05, 3.63) is 40.9 Å². The summed E-state index contributed by atoms with van der Waals surface area (Å²) < 4.78 is 5.54. The van der Waals surface area contributed by atoms with Crippen LogP contribution in [0.25, 0.3) is 0 Å².